The molecule has 156 valence electrons. The van der Waals surface area contributed by atoms with Gasteiger partial charge in [-0.25, -0.2) is 0 Å². The quantitative estimate of drug-likeness (QED) is 0.538. The number of nitro groups is 1. The fraction of sp³-hybridized carbons (Fsp3) is 0.450. The van der Waals surface area contributed by atoms with Crippen LogP contribution in [0, 0.1) is 10.1 Å². The van der Waals surface area contributed by atoms with Crippen LogP contribution in [0.5, 0.6) is 11.5 Å². The number of aryl methyl sites for hydroxylation is 1. The number of ether oxygens (including phenoxy) is 2. The van der Waals surface area contributed by atoms with Gasteiger partial charge in [-0.1, -0.05) is 0 Å². The van der Waals surface area contributed by atoms with Crippen molar-refractivity contribution in [3.8, 4) is 11.5 Å². The van der Waals surface area contributed by atoms with Crippen LogP contribution in [0.15, 0.2) is 30.5 Å². The molecule has 9 nitrogen and oxygen atoms in total. The third kappa shape index (κ3) is 4.34. The van der Waals surface area contributed by atoms with Gasteiger partial charge in [0.1, 0.15) is 5.56 Å². The van der Waals surface area contributed by atoms with E-state index in [4.69, 9.17) is 9.47 Å². The van der Waals surface area contributed by atoms with Gasteiger partial charge < -0.3 is 19.4 Å². The molecule has 9 heteroatoms. The van der Waals surface area contributed by atoms with Crippen LogP contribution in [0.2, 0.25) is 0 Å². The molecule has 1 aromatic carbocycles. The Hall–Kier alpha value is -3.07. The van der Waals surface area contributed by atoms with Crippen LogP contribution >= 0.6 is 0 Å². The average Bonchev–Trinajstić information content (AvgIpc) is 3.39. The summed E-state index contributed by atoms with van der Waals surface area (Å²) in [5.74, 6) is -0.0488. The van der Waals surface area contributed by atoms with E-state index in [0.29, 0.717) is 6.54 Å². The Balaban J connectivity index is 1.85. The number of nitro benzene ring substituents is 1. The molecule has 0 bridgehead atoms. The maximum absolute atomic E-state index is 12.9. The third-order valence-corrected chi connectivity index (χ3v) is 5.31. The summed E-state index contributed by atoms with van der Waals surface area (Å²) < 4.78 is 12.4. The Bertz CT molecular complexity index is 889. The SMILES string of the molecule is COc1cc(C(=O)NCC(c2cccn2C)N2CCCC2)c([N+](=O)[O-])cc1OC. The second-order valence-electron chi connectivity index (χ2n) is 6.99. The number of amides is 1. The van der Waals surface area contributed by atoms with E-state index in [1.807, 2.05) is 29.9 Å². The highest BCUT2D eigenvalue weighted by atomic mass is 16.6. The van der Waals surface area contributed by atoms with Crippen LogP contribution in [0.3, 0.4) is 0 Å². The first kappa shape index (κ1) is 20.7. The van der Waals surface area contributed by atoms with Gasteiger partial charge >= 0.3 is 0 Å². The summed E-state index contributed by atoms with van der Waals surface area (Å²) in [6, 6.07) is 6.57. The van der Waals surface area contributed by atoms with Crippen LogP contribution in [-0.4, -0.2) is 54.2 Å². The maximum Gasteiger partial charge on any atom is 0.286 e. The van der Waals surface area contributed by atoms with E-state index in [2.05, 4.69) is 10.2 Å². The lowest BCUT2D eigenvalue weighted by Gasteiger charge is -2.28. The molecule has 1 N–H and O–H groups in total. The summed E-state index contributed by atoms with van der Waals surface area (Å²) in [4.78, 5) is 26.1. The van der Waals surface area contributed by atoms with E-state index < -0.39 is 10.8 Å². The minimum Gasteiger partial charge on any atom is -0.493 e. The van der Waals surface area contributed by atoms with Crippen LogP contribution in [0.25, 0.3) is 0 Å². The van der Waals surface area contributed by atoms with Crippen LogP contribution < -0.4 is 14.8 Å². The second kappa shape index (κ2) is 8.95. The molecule has 29 heavy (non-hydrogen) atoms. The largest absolute Gasteiger partial charge is 0.493 e. The topological polar surface area (TPSA) is 98.9 Å². The highest BCUT2D eigenvalue weighted by Gasteiger charge is 2.28. The normalized spacial score (nSPS) is 15.1. The molecule has 1 amide bonds. The van der Waals surface area contributed by atoms with E-state index in [-0.39, 0.29) is 28.8 Å². The lowest BCUT2D eigenvalue weighted by Crippen LogP contribution is -2.37. The zero-order valence-corrected chi connectivity index (χ0v) is 16.9. The highest BCUT2D eigenvalue weighted by molar-refractivity contribution is 5.99. The molecule has 1 atom stereocenters. The number of methoxy groups -OCH3 is 2. The molecule has 1 unspecified atom stereocenters. The molecule has 1 aliphatic heterocycles. The first-order chi connectivity index (χ1) is 14.0. The number of likely N-dealkylation sites (tertiary alicyclic amines) is 1. The molecule has 0 aliphatic carbocycles. The van der Waals surface area contributed by atoms with Crippen molar-refractivity contribution in [3.05, 3.63) is 51.8 Å². The maximum atomic E-state index is 12.9. The van der Waals surface area contributed by atoms with Gasteiger partial charge in [-0.05, 0) is 38.1 Å². The molecule has 1 aromatic heterocycles. The summed E-state index contributed by atoms with van der Waals surface area (Å²) >= 11 is 0. The van der Waals surface area contributed by atoms with Gasteiger partial charge in [0.05, 0.1) is 31.3 Å². The molecule has 2 aromatic rings. The highest BCUT2D eigenvalue weighted by Crippen LogP contribution is 2.34. The van der Waals surface area contributed by atoms with Crippen LogP contribution in [-0.2, 0) is 7.05 Å². The number of benzene rings is 1. The fourth-order valence-electron chi connectivity index (χ4n) is 3.78. The number of hydrogen-bond donors (Lipinski definition) is 1. The van der Waals surface area contributed by atoms with Gasteiger partial charge in [0.25, 0.3) is 11.6 Å². The van der Waals surface area contributed by atoms with Crippen LogP contribution in [0.1, 0.15) is 34.9 Å². The van der Waals surface area contributed by atoms with E-state index in [1.165, 1.54) is 26.4 Å². The first-order valence-electron chi connectivity index (χ1n) is 9.50. The van der Waals surface area contributed by atoms with Crippen molar-refractivity contribution in [1.29, 1.82) is 0 Å². The van der Waals surface area contributed by atoms with E-state index in [9.17, 15) is 14.9 Å². The zero-order valence-electron chi connectivity index (χ0n) is 16.9. The van der Waals surface area contributed by atoms with Crippen molar-refractivity contribution in [3.63, 3.8) is 0 Å². The van der Waals surface area contributed by atoms with E-state index in [1.54, 1.807) is 0 Å². The number of carbonyl (C=O) groups is 1. The van der Waals surface area contributed by atoms with Crippen molar-refractivity contribution in [1.82, 2.24) is 14.8 Å². The first-order valence-corrected chi connectivity index (χ1v) is 9.50. The molecule has 1 saturated heterocycles. The van der Waals surface area contributed by atoms with E-state index >= 15 is 0 Å². The summed E-state index contributed by atoms with van der Waals surface area (Å²) in [6.07, 6.45) is 4.21. The lowest BCUT2D eigenvalue weighted by atomic mass is 10.1. The summed E-state index contributed by atoms with van der Waals surface area (Å²) in [6.45, 7) is 2.27. The number of carbonyl (C=O) groups excluding carboxylic acids is 1. The van der Waals surface area contributed by atoms with Crippen molar-refractivity contribution >= 4 is 11.6 Å². The van der Waals surface area contributed by atoms with Crippen molar-refractivity contribution in [2.24, 2.45) is 7.05 Å². The second-order valence-corrected chi connectivity index (χ2v) is 6.99. The van der Waals surface area contributed by atoms with Gasteiger partial charge in [-0.3, -0.25) is 19.8 Å². The average molecular weight is 402 g/mol. The number of aromatic nitrogens is 1. The Morgan fingerprint density at radius 2 is 1.90 bits per heavy atom. The summed E-state index contributed by atoms with van der Waals surface area (Å²) in [5, 5.41) is 14.4. The molecule has 1 aliphatic rings. The predicted octanol–water partition coefficient (Wildman–Crippen LogP) is 2.52. The van der Waals surface area contributed by atoms with Gasteiger partial charge in [0.15, 0.2) is 11.5 Å². The summed E-state index contributed by atoms with van der Waals surface area (Å²) in [7, 11) is 4.78. The molecular weight excluding hydrogens is 376 g/mol. The monoisotopic (exact) mass is 402 g/mol. The van der Waals surface area contributed by atoms with Crippen molar-refractivity contribution < 1.29 is 19.2 Å². The number of hydrogen-bond acceptors (Lipinski definition) is 6. The van der Waals surface area contributed by atoms with E-state index in [0.717, 1.165) is 31.6 Å². The molecule has 0 saturated carbocycles. The lowest BCUT2D eigenvalue weighted by molar-refractivity contribution is -0.385. The van der Waals surface area contributed by atoms with Gasteiger partial charge in [-0.15, -0.1) is 0 Å². The smallest absolute Gasteiger partial charge is 0.286 e. The molecule has 0 radical (unpaired) electrons. The number of nitrogens with zero attached hydrogens (tertiary/aromatic N) is 3. The van der Waals surface area contributed by atoms with Gasteiger partial charge in [0, 0.05) is 31.5 Å². The van der Waals surface area contributed by atoms with Crippen molar-refractivity contribution in [2.45, 2.75) is 18.9 Å². The van der Waals surface area contributed by atoms with Crippen LogP contribution in [0.4, 0.5) is 5.69 Å². The molecule has 2 heterocycles. The number of nitrogens with one attached hydrogen (secondary N) is 1. The molecular formula is C20H26N4O5. The molecule has 3 rings (SSSR count). The Kier molecular flexibility index (Phi) is 6.38. The summed E-state index contributed by atoms with van der Waals surface area (Å²) in [5.41, 5.74) is 0.713. The minimum absolute atomic E-state index is 0.000602. The third-order valence-electron chi connectivity index (χ3n) is 5.31. The van der Waals surface area contributed by atoms with Crippen molar-refractivity contribution in [2.75, 3.05) is 33.9 Å². The van der Waals surface area contributed by atoms with Gasteiger partial charge in [-0.2, -0.15) is 0 Å². The standard InChI is InChI=1S/C20H26N4O5/c1-22-8-6-7-15(22)17(23-9-4-5-10-23)13-21-20(25)14-11-18(28-2)19(29-3)12-16(14)24(26)27/h6-8,11-12,17H,4-5,9-10,13H2,1-3H3,(H,21,25). The Morgan fingerprint density at radius 1 is 1.24 bits per heavy atom. The van der Waals surface area contributed by atoms with Gasteiger partial charge in [0.2, 0.25) is 0 Å². The minimum atomic E-state index is -0.591. The molecule has 0 spiro atoms. The fourth-order valence-corrected chi connectivity index (χ4v) is 3.78. The Morgan fingerprint density at radius 3 is 2.45 bits per heavy atom. The predicted molar refractivity (Wildman–Crippen MR) is 107 cm³/mol. The molecule has 1 fully saturated rings. The Labute approximate surface area is 169 Å². The number of rotatable bonds is 8. The zero-order chi connectivity index (χ0) is 21.0.